The molecule has 1 unspecified atom stereocenters. The average Bonchev–Trinajstić information content (AvgIpc) is 2.13. The average molecular weight is 352 g/mol. The van der Waals surface area contributed by atoms with Gasteiger partial charge in [0.05, 0.1) is 13.0 Å². The van der Waals surface area contributed by atoms with E-state index in [9.17, 15) is 18.0 Å². The lowest BCUT2D eigenvalue weighted by atomic mass is 9.88. The lowest BCUT2D eigenvalue weighted by Gasteiger charge is -2.23. The number of allylic oxidation sites excluding steroid dienone is 2. The van der Waals surface area contributed by atoms with Crippen molar-refractivity contribution >= 4 is 33.5 Å². The molecule has 1 atom stereocenters. The number of hydrogen-bond donors (Lipinski definition) is 0. The van der Waals surface area contributed by atoms with Gasteiger partial charge in [0.25, 0.3) is 0 Å². The van der Waals surface area contributed by atoms with Crippen molar-refractivity contribution in [3.63, 3.8) is 0 Å². The highest BCUT2D eigenvalue weighted by molar-refractivity contribution is 9.10. The maximum atomic E-state index is 12.5. The summed E-state index contributed by atoms with van der Waals surface area (Å²) in [5, 5.41) is 0. The Hall–Kier alpha value is -0.230. The highest BCUT2D eigenvalue weighted by atomic mass is 79.9. The summed E-state index contributed by atoms with van der Waals surface area (Å²) in [4.78, 5) is 11.3. The van der Waals surface area contributed by atoms with Gasteiger partial charge in [-0.05, 0) is 18.4 Å². The fraction of sp³-hybridized carbons (Fsp3) is 0.727. The van der Waals surface area contributed by atoms with Gasteiger partial charge in [-0.3, -0.25) is 4.79 Å². The van der Waals surface area contributed by atoms with Crippen LogP contribution in [-0.4, -0.2) is 22.5 Å². The Balaban J connectivity index is 4.72. The summed E-state index contributed by atoms with van der Waals surface area (Å²) < 4.78 is 39.5. The summed E-state index contributed by atoms with van der Waals surface area (Å²) in [6, 6.07) is 0. The molecule has 0 radical (unpaired) electrons. The molecule has 0 amide bonds. The van der Waals surface area contributed by atoms with E-state index in [2.05, 4.69) is 15.9 Å². The van der Waals surface area contributed by atoms with E-state index in [4.69, 9.17) is 16.3 Å². The summed E-state index contributed by atoms with van der Waals surface area (Å²) in [6.45, 7) is 5.14. The van der Waals surface area contributed by atoms with Gasteiger partial charge >= 0.3 is 12.1 Å². The standard InChI is InChI=1S/C11H15BrClF3O2/c1-4-18-8(17)7-9(2,3)5-6-10(12,13)11(14,15)16/h5-6H,4,7H2,1-3H3/b6-5+. The lowest BCUT2D eigenvalue weighted by Crippen LogP contribution is -2.31. The molecule has 2 nitrogen and oxygen atoms in total. The third kappa shape index (κ3) is 6.09. The third-order valence-electron chi connectivity index (χ3n) is 2.03. The normalized spacial score (nSPS) is 16.7. The van der Waals surface area contributed by atoms with Gasteiger partial charge in [-0.25, -0.2) is 0 Å². The van der Waals surface area contributed by atoms with Gasteiger partial charge in [-0.2, -0.15) is 13.2 Å². The number of esters is 1. The van der Waals surface area contributed by atoms with E-state index in [-0.39, 0.29) is 13.0 Å². The van der Waals surface area contributed by atoms with Crippen LogP contribution in [0.3, 0.4) is 0 Å². The van der Waals surface area contributed by atoms with Gasteiger partial charge in [0.2, 0.25) is 3.78 Å². The van der Waals surface area contributed by atoms with Gasteiger partial charge in [0.1, 0.15) is 0 Å². The number of carbonyl (C=O) groups is 1. The topological polar surface area (TPSA) is 26.3 Å². The SMILES string of the molecule is CCOC(=O)CC(C)(C)/C=C/C(Cl)(Br)C(F)(F)F. The van der Waals surface area contributed by atoms with Crippen LogP contribution in [0.5, 0.6) is 0 Å². The number of ether oxygens (including phenoxy) is 1. The van der Waals surface area contributed by atoms with Gasteiger partial charge in [-0.15, -0.1) is 0 Å². The van der Waals surface area contributed by atoms with E-state index in [1.54, 1.807) is 20.8 Å². The predicted molar refractivity (Wildman–Crippen MR) is 67.7 cm³/mol. The Morgan fingerprint density at radius 1 is 1.33 bits per heavy atom. The quantitative estimate of drug-likeness (QED) is 0.416. The van der Waals surface area contributed by atoms with E-state index in [1.165, 1.54) is 6.08 Å². The van der Waals surface area contributed by atoms with E-state index in [0.717, 1.165) is 6.08 Å². The van der Waals surface area contributed by atoms with Crippen LogP contribution in [0.25, 0.3) is 0 Å². The molecule has 0 spiro atoms. The van der Waals surface area contributed by atoms with E-state index < -0.39 is 21.3 Å². The Labute approximate surface area is 118 Å². The van der Waals surface area contributed by atoms with Crippen molar-refractivity contribution in [2.24, 2.45) is 5.41 Å². The molecule has 0 fully saturated rings. The van der Waals surface area contributed by atoms with Crippen LogP contribution in [-0.2, 0) is 9.53 Å². The molecule has 0 aromatic rings. The van der Waals surface area contributed by atoms with Crippen molar-refractivity contribution in [3.8, 4) is 0 Å². The first-order valence-corrected chi connectivity index (χ1v) is 6.39. The molecule has 7 heteroatoms. The Bertz CT molecular complexity index is 325. The third-order valence-corrected chi connectivity index (χ3v) is 3.08. The molecule has 0 heterocycles. The van der Waals surface area contributed by atoms with Crippen LogP contribution < -0.4 is 0 Å². The van der Waals surface area contributed by atoms with Gasteiger partial charge in [0, 0.05) is 0 Å². The second-order valence-corrected chi connectivity index (χ2v) is 6.73. The van der Waals surface area contributed by atoms with Gasteiger partial charge in [-0.1, -0.05) is 47.5 Å². The molecule has 0 saturated heterocycles. The molecule has 0 aliphatic heterocycles. The fourth-order valence-electron chi connectivity index (χ4n) is 1.07. The van der Waals surface area contributed by atoms with E-state index >= 15 is 0 Å². The zero-order chi connectivity index (χ0) is 14.6. The van der Waals surface area contributed by atoms with Crippen molar-refractivity contribution in [2.75, 3.05) is 6.61 Å². The molecule has 0 N–H and O–H groups in total. The zero-order valence-electron chi connectivity index (χ0n) is 10.3. The molecule has 0 aliphatic rings. The summed E-state index contributed by atoms with van der Waals surface area (Å²) in [5.41, 5.74) is -0.772. The Morgan fingerprint density at radius 2 is 1.83 bits per heavy atom. The van der Waals surface area contributed by atoms with Gasteiger partial charge in [0.15, 0.2) is 0 Å². The molecule has 0 bridgehead atoms. The van der Waals surface area contributed by atoms with E-state index in [1.807, 2.05) is 0 Å². The molecular weight excluding hydrogens is 336 g/mol. The first-order chi connectivity index (χ1) is 7.91. The van der Waals surface area contributed by atoms with Crippen molar-refractivity contribution in [1.82, 2.24) is 0 Å². The van der Waals surface area contributed by atoms with Crippen LogP contribution in [0.2, 0.25) is 0 Å². The van der Waals surface area contributed by atoms with E-state index in [0.29, 0.717) is 0 Å². The number of alkyl halides is 5. The Morgan fingerprint density at radius 3 is 2.22 bits per heavy atom. The minimum Gasteiger partial charge on any atom is -0.466 e. The number of halogens is 5. The first-order valence-electron chi connectivity index (χ1n) is 5.22. The van der Waals surface area contributed by atoms with Crippen molar-refractivity contribution in [3.05, 3.63) is 12.2 Å². The van der Waals surface area contributed by atoms with Crippen molar-refractivity contribution in [2.45, 2.75) is 37.2 Å². The maximum absolute atomic E-state index is 12.5. The number of carbonyl (C=O) groups excluding carboxylic acids is 1. The molecule has 18 heavy (non-hydrogen) atoms. The second kappa shape index (κ2) is 6.28. The second-order valence-electron chi connectivity index (χ2n) is 4.42. The minimum atomic E-state index is -4.62. The fourth-order valence-corrected chi connectivity index (χ4v) is 1.26. The van der Waals surface area contributed by atoms with Crippen LogP contribution in [0, 0.1) is 5.41 Å². The smallest absolute Gasteiger partial charge is 0.421 e. The molecule has 0 saturated carbocycles. The van der Waals surface area contributed by atoms with Crippen LogP contribution in [0.1, 0.15) is 27.2 Å². The highest BCUT2D eigenvalue weighted by Gasteiger charge is 2.50. The molecule has 0 rings (SSSR count). The predicted octanol–water partition coefficient (Wildman–Crippen LogP) is 4.41. The number of rotatable bonds is 5. The summed E-state index contributed by atoms with van der Waals surface area (Å²) in [7, 11) is 0. The number of hydrogen-bond acceptors (Lipinski definition) is 2. The van der Waals surface area contributed by atoms with Crippen LogP contribution in [0.15, 0.2) is 12.2 Å². The van der Waals surface area contributed by atoms with Crippen molar-refractivity contribution in [1.29, 1.82) is 0 Å². The minimum absolute atomic E-state index is 0.0187. The zero-order valence-corrected chi connectivity index (χ0v) is 12.6. The first kappa shape index (κ1) is 17.8. The maximum Gasteiger partial charge on any atom is 0.421 e. The molecule has 0 aliphatic carbocycles. The van der Waals surface area contributed by atoms with Crippen LogP contribution in [0.4, 0.5) is 13.2 Å². The van der Waals surface area contributed by atoms with Crippen molar-refractivity contribution < 1.29 is 22.7 Å². The monoisotopic (exact) mass is 350 g/mol. The summed E-state index contributed by atoms with van der Waals surface area (Å²) >= 11 is 7.69. The Kier molecular flexibility index (Phi) is 6.20. The van der Waals surface area contributed by atoms with Crippen LogP contribution >= 0.6 is 27.5 Å². The highest BCUT2D eigenvalue weighted by Crippen LogP contribution is 2.43. The molecule has 0 aromatic carbocycles. The largest absolute Gasteiger partial charge is 0.466 e. The lowest BCUT2D eigenvalue weighted by molar-refractivity contribution is -0.144. The van der Waals surface area contributed by atoms with Gasteiger partial charge < -0.3 is 4.74 Å². The summed E-state index contributed by atoms with van der Waals surface area (Å²) in [5.74, 6) is -0.464. The molecule has 106 valence electrons. The summed E-state index contributed by atoms with van der Waals surface area (Å²) in [6.07, 6.45) is -2.60. The molecule has 0 aromatic heterocycles. The molecular formula is C11H15BrClF3O2.